The predicted octanol–water partition coefficient (Wildman–Crippen LogP) is 3.08. The number of aliphatic carboxylic acids is 1. The van der Waals surface area contributed by atoms with Gasteiger partial charge in [0.15, 0.2) is 5.82 Å². The van der Waals surface area contributed by atoms with Crippen LogP contribution >= 0.6 is 0 Å². The Morgan fingerprint density at radius 2 is 1.86 bits per heavy atom. The fourth-order valence-corrected chi connectivity index (χ4v) is 2.26. The van der Waals surface area contributed by atoms with Crippen molar-refractivity contribution in [3.05, 3.63) is 5.82 Å². The highest BCUT2D eigenvalue weighted by molar-refractivity contribution is 5.69. The van der Waals surface area contributed by atoms with Crippen LogP contribution in [-0.4, -0.2) is 31.3 Å². The summed E-state index contributed by atoms with van der Waals surface area (Å²) in [6.45, 7) is 4.51. The van der Waals surface area contributed by atoms with Crippen LogP contribution < -0.4 is 0 Å². The molecule has 6 heteroatoms. The molecule has 1 rings (SSSR count). The van der Waals surface area contributed by atoms with E-state index in [-0.39, 0.29) is 5.92 Å². The quantitative estimate of drug-likeness (QED) is 0.599. The first-order chi connectivity index (χ1) is 10.1. The predicted molar refractivity (Wildman–Crippen MR) is 80.9 cm³/mol. The number of unbranched alkanes of at least 4 members (excludes halogenated alkanes) is 6. The third kappa shape index (κ3) is 7.20. The summed E-state index contributed by atoms with van der Waals surface area (Å²) >= 11 is 0. The van der Waals surface area contributed by atoms with E-state index in [4.69, 9.17) is 5.11 Å². The van der Waals surface area contributed by atoms with Crippen molar-refractivity contribution in [2.75, 3.05) is 0 Å². The second-order valence-electron chi connectivity index (χ2n) is 5.72. The van der Waals surface area contributed by atoms with Gasteiger partial charge in [0.25, 0.3) is 0 Å². The van der Waals surface area contributed by atoms with E-state index < -0.39 is 5.97 Å². The average Bonchev–Trinajstić information content (AvgIpc) is 2.91. The van der Waals surface area contributed by atoms with E-state index in [1.54, 1.807) is 11.6 Å². The Balaban J connectivity index is 2.21. The number of tetrazole rings is 1. The van der Waals surface area contributed by atoms with E-state index >= 15 is 0 Å². The number of carboxylic acids is 1. The Kier molecular flexibility index (Phi) is 8.62. The highest BCUT2D eigenvalue weighted by atomic mass is 16.4. The zero-order chi connectivity index (χ0) is 15.5. The third-order valence-electron chi connectivity index (χ3n) is 3.81. The molecule has 0 spiro atoms. The van der Waals surface area contributed by atoms with Gasteiger partial charge in [-0.25, -0.2) is 4.68 Å². The lowest BCUT2D eigenvalue weighted by atomic mass is 10.1. The molecule has 1 aromatic heterocycles. The molecule has 0 radical (unpaired) electrons. The lowest BCUT2D eigenvalue weighted by Crippen LogP contribution is -2.14. The molecule has 120 valence electrons. The first-order valence-electron chi connectivity index (χ1n) is 8.13. The maximum absolute atomic E-state index is 10.8. The minimum absolute atomic E-state index is 0.361. The third-order valence-corrected chi connectivity index (χ3v) is 3.81. The smallest absolute Gasteiger partial charge is 0.306 e. The molecule has 0 aliphatic heterocycles. The summed E-state index contributed by atoms with van der Waals surface area (Å²) in [5.41, 5.74) is 0. The number of rotatable bonds is 12. The van der Waals surface area contributed by atoms with Gasteiger partial charge in [-0.15, -0.1) is 5.10 Å². The van der Waals surface area contributed by atoms with Crippen LogP contribution in [-0.2, 0) is 17.8 Å². The monoisotopic (exact) mass is 296 g/mol. The highest BCUT2D eigenvalue weighted by Crippen LogP contribution is 2.10. The van der Waals surface area contributed by atoms with Crippen molar-refractivity contribution in [1.82, 2.24) is 20.2 Å². The summed E-state index contributed by atoms with van der Waals surface area (Å²) in [6.07, 6.45) is 10.3. The van der Waals surface area contributed by atoms with Gasteiger partial charge < -0.3 is 5.11 Å². The number of aryl methyl sites for hydroxylation is 2. The van der Waals surface area contributed by atoms with Crippen LogP contribution in [0, 0.1) is 5.92 Å². The summed E-state index contributed by atoms with van der Waals surface area (Å²) in [5.74, 6) is -0.251. The van der Waals surface area contributed by atoms with E-state index in [1.165, 1.54) is 38.5 Å². The van der Waals surface area contributed by atoms with Gasteiger partial charge in [0, 0.05) is 13.0 Å². The van der Waals surface area contributed by atoms with Gasteiger partial charge in [0.1, 0.15) is 0 Å². The van der Waals surface area contributed by atoms with E-state index in [1.807, 2.05) is 0 Å². The molecule has 0 saturated carbocycles. The van der Waals surface area contributed by atoms with E-state index in [2.05, 4.69) is 22.4 Å². The number of hydrogen-bond donors (Lipinski definition) is 1. The maximum atomic E-state index is 10.8. The zero-order valence-electron chi connectivity index (χ0n) is 13.3. The van der Waals surface area contributed by atoms with Crippen LogP contribution in [0.3, 0.4) is 0 Å². The van der Waals surface area contributed by atoms with Crippen LogP contribution in [0.1, 0.15) is 71.0 Å². The second kappa shape index (κ2) is 10.3. The van der Waals surface area contributed by atoms with Crippen molar-refractivity contribution in [2.24, 2.45) is 5.92 Å². The van der Waals surface area contributed by atoms with Crippen molar-refractivity contribution in [3.8, 4) is 0 Å². The molecule has 1 aromatic rings. The summed E-state index contributed by atoms with van der Waals surface area (Å²) in [7, 11) is 0. The van der Waals surface area contributed by atoms with Crippen molar-refractivity contribution < 1.29 is 9.90 Å². The van der Waals surface area contributed by atoms with Crippen LogP contribution in [0.4, 0.5) is 0 Å². The molecule has 0 fully saturated rings. The number of aromatic nitrogens is 4. The zero-order valence-corrected chi connectivity index (χ0v) is 13.3. The SMILES string of the molecule is CCCCCCCCCc1nnnn1CCC(C)C(=O)O. The molecule has 21 heavy (non-hydrogen) atoms. The molecule has 0 aliphatic carbocycles. The van der Waals surface area contributed by atoms with E-state index in [0.29, 0.717) is 13.0 Å². The first kappa shape index (κ1) is 17.6. The van der Waals surface area contributed by atoms with Gasteiger partial charge >= 0.3 is 5.97 Å². The van der Waals surface area contributed by atoms with E-state index in [0.717, 1.165) is 18.7 Å². The van der Waals surface area contributed by atoms with Crippen LogP contribution in [0.25, 0.3) is 0 Å². The Morgan fingerprint density at radius 3 is 2.52 bits per heavy atom. The lowest BCUT2D eigenvalue weighted by Gasteiger charge is -2.07. The fourth-order valence-electron chi connectivity index (χ4n) is 2.26. The van der Waals surface area contributed by atoms with Gasteiger partial charge in [0.2, 0.25) is 0 Å². The average molecular weight is 296 g/mol. The Morgan fingerprint density at radius 1 is 1.19 bits per heavy atom. The van der Waals surface area contributed by atoms with Crippen molar-refractivity contribution >= 4 is 5.97 Å². The minimum atomic E-state index is -0.767. The molecule has 0 bridgehead atoms. The molecule has 1 heterocycles. The van der Waals surface area contributed by atoms with Crippen molar-refractivity contribution in [3.63, 3.8) is 0 Å². The molecular weight excluding hydrogens is 268 g/mol. The Hall–Kier alpha value is -1.46. The summed E-state index contributed by atoms with van der Waals surface area (Å²) in [4.78, 5) is 10.8. The second-order valence-corrected chi connectivity index (χ2v) is 5.72. The summed E-state index contributed by atoms with van der Waals surface area (Å²) in [6, 6.07) is 0. The summed E-state index contributed by atoms with van der Waals surface area (Å²) in [5, 5.41) is 20.6. The van der Waals surface area contributed by atoms with Gasteiger partial charge in [-0.3, -0.25) is 4.79 Å². The van der Waals surface area contributed by atoms with E-state index in [9.17, 15) is 4.79 Å². The Labute approximate surface area is 126 Å². The lowest BCUT2D eigenvalue weighted by molar-refractivity contribution is -0.141. The number of carboxylic acid groups (broad SMARTS) is 1. The van der Waals surface area contributed by atoms with Gasteiger partial charge in [0.05, 0.1) is 5.92 Å². The van der Waals surface area contributed by atoms with Crippen LogP contribution in [0.15, 0.2) is 0 Å². The van der Waals surface area contributed by atoms with Gasteiger partial charge in [-0.1, -0.05) is 52.4 Å². The molecule has 1 N–H and O–H groups in total. The highest BCUT2D eigenvalue weighted by Gasteiger charge is 2.13. The minimum Gasteiger partial charge on any atom is -0.481 e. The van der Waals surface area contributed by atoms with Crippen LogP contribution in [0.2, 0.25) is 0 Å². The topological polar surface area (TPSA) is 80.9 Å². The molecule has 0 amide bonds. The number of hydrogen-bond acceptors (Lipinski definition) is 4. The molecule has 1 unspecified atom stereocenters. The molecule has 6 nitrogen and oxygen atoms in total. The molecule has 1 atom stereocenters. The Bertz CT molecular complexity index is 406. The first-order valence-corrected chi connectivity index (χ1v) is 8.13. The van der Waals surface area contributed by atoms with Gasteiger partial charge in [-0.05, 0) is 23.3 Å². The van der Waals surface area contributed by atoms with Crippen molar-refractivity contribution in [1.29, 1.82) is 0 Å². The largest absolute Gasteiger partial charge is 0.481 e. The fraction of sp³-hybridized carbons (Fsp3) is 0.867. The van der Waals surface area contributed by atoms with Crippen LogP contribution in [0.5, 0.6) is 0 Å². The molecular formula is C15H28N4O2. The molecule has 0 aliphatic rings. The van der Waals surface area contributed by atoms with Gasteiger partial charge in [-0.2, -0.15) is 0 Å². The number of carbonyl (C=O) groups is 1. The molecule has 0 saturated heterocycles. The summed E-state index contributed by atoms with van der Waals surface area (Å²) < 4.78 is 1.75. The maximum Gasteiger partial charge on any atom is 0.306 e. The number of nitrogens with zero attached hydrogens (tertiary/aromatic N) is 4. The standard InChI is InChI=1S/C15H28N4O2/c1-3-4-5-6-7-8-9-10-14-16-17-18-19(14)12-11-13(2)15(20)21/h13H,3-12H2,1-2H3,(H,20,21). The molecule has 0 aromatic carbocycles. The van der Waals surface area contributed by atoms with Crippen molar-refractivity contribution in [2.45, 2.75) is 78.2 Å². The normalized spacial score (nSPS) is 12.5.